The molecule has 0 spiro atoms. The van der Waals surface area contributed by atoms with Crippen LogP contribution >= 0.6 is 11.8 Å². The fourth-order valence-electron chi connectivity index (χ4n) is 3.32. The maximum Gasteiger partial charge on any atom is 0.416 e. The minimum atomic E-state index is -4.36. The van der Waals surface area contributed by atoms with Crippen molar-refractivity contribution in [3.8, 4) is 16.9 Å². The van der Waals surface area contributed by atoms with Crippen LogP contribution in [0.25, 0.3) is 11.1 Å². The van der Waals surface area contributed by atoms with Crippen LogP contribution in [0.1, 0.15) is 16.7 Å². The van der Waals surface area contributed by atoms with Crippen molar-refractivity contribution in [2.45, 2.75) is 24.5 Å². The molecule has 1 fully saturated rings. The van der Waals surface area contributed by atoms with E-state index >= 15 is 0 Å². The summed E-state index contributed by atoms with van der Waals surface area (Å²) in [7, 11) is 0. The van der Waals surface area contributed by atoms with Gasteiger partial charge in [-0.3, -0.25) is 14.9 Å². The Morgan fingerprint density at radius 2 is 1.59 bits per heavy atom. The molecule has 1 atom stereocenters. The highest BCUT2D eigenvalue weighted by molar-refractivity contribution is 8.15. The third-order valence-corrected chi connectivity index (χ3v) is 5.97. The molecule has 2 amide bonds. The van der Waals surface area contributed by atoms with Crippen LogP contribution < -0.4 is 10.1 Å². The first-order valence-corrected chi connectivity index (χ1v) is 10.7. The molecule has 0 radical (unpaired) electrons. The number of carbonyl (C=O) groups is 2. The third-order valence-electron chi connectivity index (χ3n) is 4.99. The van der Waals surface area contributed by atoms with Gasteiger partial charge in [0.25, 0.3) is 5.24 Å². The molecule has 0 aromatic heterocycles. The molecule has 32 heavy (non-hydrogen) atoms. The molecule has 164 valence electrons. The second-order valence-electron chi connectivity index (χ2n) is 7.30. The minimum Gasteiger partial charge on any atom is -0.489 e. The lowest BCUT2D eigenvalue weighted by Gasteiger charge is -2.11. The summed E-state index contributed by atoms with van der Waals surface area (Å²) < 4.78 is 44.1. The standard InChI is InChI=1S/C24H18F3NO3S/c25-24(26,27)19-8-6-17(7-9-19)18-3-1-2-16(12-18)14-31-20-10-4-15(5-11-20)13-21-22(29)28-23(30)32-21/h1-12,21H,13-14H2,(H,28,29,30). The Morgan fingerprint density at radius 3 is 2.22 bits per heavy atom. The SMILES string of the molecule is O=C1NC(=O)C(Cc2ccc(OCc3cccc(-c4ccc(C(F)(F)F)cc4)c3)cc2)S1. The van der Waals surface area contributed by atoms with Gasteiger partial charge in [0.05, 0.1) is 10.8 Å². The van der Waals surface area contributed by atoms with E-state index in [0.29, 0.717) is 24.3 Å². The fourth-order valence-corrected chi connectivity index (χ4v) is 4.18. The molecule has 1 saturated heterocycles. The van der Waals surface area contributed by atoms with Gasteiger partial charge in [-0.2, -0.15) is 13.2 Å². The predicted octanol–water partition coefficient (Wildman–Crippen LogP) is 5.85. The molecular formula is C24H18F3NO3S. The lowest BCUT2D eigenvalue weighted by molar-refractivity contribution is -0.137. The van der Waals surface area contributed by atoms with Crippen molar-refractivity contribution in [3.63, 3.8) is 0 Å². The highest BCUT2D eigenvalue weighted by atomic mass is 32.2. The van der Waals surface area contributed by atoms with E-state index in [2.05, 4.69) is 5.32 Å². The average molecular weight is 457 g/mol. The molecule has 1 aliphatic heterocycles. The molecule has 4 nitrogen and oxygen atoms in total. The van der Waals surface area contributed by atoms with Crippen LogP contribution in [0.5, 0.6) is 5.75 Å². The number of hydrogen-bond donors (Lipinski definition) is 1. The van der Waals surface area contributed by atoms with Crippen LogP contribution in [0, 0.1) is 0 Å². The van der Waals surface area contributed by atoms with Crippen LogP contribution in [-0.4, -0.2) is 16.4 Å². The summed E-state index contributed by atoms with van der Waals surface area (Å²) >= 11 is 0.995. The zero-order valence-electron chi connectivity index (χ0n) is 16.7. The van der Waals surface area contributed by atoms with E-state index in [1.807, 2.05) is 36.4 Å². The molecular weight excluding hydrogens is 439 g/mol. The first-order chi connectivity index (χ1) is 15.3. The minimum absolute atomic E-state index is 0.270. The Hall–Kier alpha value is -3.26. The number of imide groups is 1. The van der Waals surface area contributed by atoms with Gasteiger partial charge in [0, 0.05) is 0 Å². The first kappa shape index (κ1) is 22.0. The Labute approximate surface area is 186 Å². The van der Waals surface area contributed by atoms with Crippen LogP contribution in [-0.2, 0) is 24.0 Å². The number of halogens is 3. The van der Waals surface area contributed by atoms with Gasteiger partial charge < -0.3 is 4.74 Å². The monoisotopic (exact) mass is 457 g/mol. The number of hydrogen-bond acceptors (Lipinski definition) is 4. The van der Waals surface area contributed by atoms with Gasteiger partial charge in [-0.05, 0) is 59.0 Å². The second-order valence-corrected chi connectivity index (χ2v) is 8.47. The lowest BCUT2D eigenvalue weighted by Crippen LogP contribution is -2.25. The van der Waals surface area contributed by atoms with E-state index < -0.39 is 17.0 Å². The molecule has 3 aromatic carbocycles. The van der Waals surface area contributed by atoms with Crippen molar-refractivity contribution < 1.29 is 27.5 Å². The number of carbonyl (C=O) groups excluding carboxylic acids is 2. The van der Waals surface area contributed by atoms with Crippen LogP contribution in [0.2, 0.25) is 0 Å². The lowest BCUT2D eigenvalue weighted by atomic mass is 10.0. The smallest absolute Gasteiger partial charge is 0.416 e. The number of ether oxygens (including phenoxy) is 1. The molecule has 8 heteroatoms. The zero-order chi connectivity index (χ0) is 22.7. The summed E-state index contributed by atoms with van der Waals surface area (Å²) in [5.74, 6) is 0.376. The topological polar surface area (TPSA) is 55.4 Å². The molecule has 1 N–H and O–H groups in total. The first-order valence-electron chi connectivity index (χ1n) is 9.78. The van der Waals surface area contributed by atoms with Gasteiger partial charge in [0.15, 0.2) is 0 Å². The van der Waals surface area contributed by atoms with Crippen molar-refractivity contribution in [1.82, 2.24) is 5.32 Å². The quantitative estimate of drug-likeness (QED) is 0.505. The second kappa shape index (κ2) is 9.08. The number of alkyl halides is 3. The molecule has 4 rings (SSSR count). The van der Waals surface area contributed by atoms with Gasteiger partial charge in [-0.1, -0.05) is 54.2 Å². The van der Waals surface area contributed by atoms with E-state index in [-0.39, 0.29) is 11.1 Å². The van der Waals surface area contributed by atoms with Gasteiger partial charge in [-0.25, -0.2) is 0 Å². The molecule has 1 heterocycles. The number of thioether (sulfide) groups is 1. The summed E-state index contributed by atoms with van der Waals surface area (Å²) in [5, 5.41) is 1.54. The molecule has 3 aromatic rings. The number of benzene rings is 3. The summed E-state index contributed by atoms with van der Waals surface area (Å²) in [5.41, 5.74) is 2.62. The van der Waals surface area contributed by atoms with Crippen molar-refractivity contribution in [1.29, 1.82) is 0 Å². The predicted molar refractivity (Wildman–Crippen MR) is 116 cm³/mol. The van der Waals surface area contributed by atoms with Crippen LogP contribution in [0.4, 0.5) is 18.0 Å². The third kappa shape index (κ3) is 5.31. The summed E-state index contributed by atoms with van der Waals surface area (Å²) in [6.07, 6.45) is -3.90. The van der Waals surface area contributed by atoms with E-state index in [1.54, 1.807) is 12.1 Å². The normalized spacial score (nSPS) is 16.2. The zero-order valence-corrected chi connectivity index (χ0v) is 17.5. The number of rotatable bonds is 6. The van der Waals surface area contributed by atoms with Gasteiger partial charge in [-0.15, -0.1) is 0 Å². The Morgan fingerprint density at radius 1 is 0.875 bits per heavy atom. The summed E-state index contributed by atoms with van der Waals surface area (Å²) in [6, 6.07) is 19.8. The van der Waals surface area contributed by atoms with Crippen LogP contribution in [0.15, 0.2) is 72.8 Å². The van der Waals surface area contributed by atoms with E-state index in [0.717, 1.165) is 40.6 Å². The van der Waals surface area contributed by atoms with Gasteiger partial charge >= 0.3 is 6.18 Å². The van der Waals surface area contributed by atoms with Crippen LogP contribution in [0.3, 0.4) is 0 Å². The van der Waals surface area contributed by atoms with E-state index in [9.17, 15) is 22.8 Å². The maximum atomic E-state index is 12.8. The molecule has 0 aliphatic carbocycles. The summed E-state index contributed by atoms with van der Waals surface area (Å²) in [6.45, 7) is 0.295. The largest absolute Gasteiger partial charge is 0.489 e. The van der Waals surface area contributed by atoms with E-state index in [4.69, 9.17) is 4.74 Å². The number of amides is 2. The molecule has 1 unspecified atom stereocenters. The number of nitrogens with one attached hydrogen (secondary N) is 1. The van der Waals surface area contributed by atoms with Crippen molar-refractivity contribution >= 4 is 22.9 Å². The summed E-state index contributed by atoms with van der Waals surface area (Å²) in [4.78, 5) is 22.9. The van der Waals surface area contributed by atoms with E-state index in [1.165, 1.54) is 12.1 Å². The van der Waals surface area contributed by atoms with Gasteiger partial charge in [0.1, 0.15) is 12.4 Å². The molecule has 0 saturated carbocycles. The highest BCUT2D eigenvalue weighted by Crippen LogP contribution is 2.31. The Balaban J connectivity index is 1.37. The van der Waals surface area contributed by atoms with Crippen molar-refractivity contribution in [2.24, 2.45) is 0 Å². The Bertz CT molecular complexity index is 1130. The Kier molecular flexibility index (Phi) is 6.23. The highest BCUT2D eigenvalue weighted by Gasteiger charge is 2.31. The molecule has 1 aliphatic rings. The van der Waals surface area contributed by atoms with Crippen molar-refractivity contribution in [2.75, 3.05) is 0 Å². The van der Waals surface area contributed by atoms with Gasteiger partial charge in [0.2, 0.25) is 5.91 Å². The molecule has 0 bridgehead atoms. The van der Waals surface area contributed by atoms with Crippen molar-refractivity contribution in [3.05, 3.63) is 89.5 Å². The maximum absolute atomic E-state index is 12.8. The fraction of sp³-hybridized carbons (Fsp3) is 0.167. The average Bonchev–Trinajstić information content (AvgIpc) is 3.09.